The van der Waals surface area contributed by atoms with Crippen LogP contribution >= 0.6 is 35.0 Å². The summed E-state index contributed by atoms with van der Waals surface area (Å²) in [6.45, 7) is 0. The summed E-state index contributed by atoms with van der Waals surface area (Å²) in [5.74, 6) is 1.82. The normalized spacial score (nSPS) is 39.8. The lowest BCUT2D eigenvalue weighted by atomic mass is 10.6. The summed E-state index contributed by atoms with van der Waals surface area (Å²) < 4.78 is 0. The van der Waals surface area contributed by atoms with E-state index in [1.54, 1.807) is 11.8 Å². The lowest BCUT2D eigenvalue weighted by Crippen LogP contribution is -2.32. The van der Waals surface area contributed by atoms with E-state index in [-0.39, 0.29) is 11.0 Å². The van der Waals surface area contributed by atoms with E-state index in [9.17, 15) is 0 Å². The molecule has 1 aliphatic heterocycles. The molecule has 4 heteroatoms. The van der Waals surface area contributed by atoms with Crippen molar-refractivity contribution in [1.82, 2.24) is 5.32 Å². The zero-order chi connectivity index (χ0) is 5.98. The van der Waals surface area contributed by atoms with Crippen LogP contribution in [0.5, 0.6) is 0 Å². The van der Waals surface area contributed by atoms with Crippen LogP contribution in [0.3, 0.4) is 0 Å². The van der Waals surface area contributed by atoms with Crippen LogP contribution in [0.25, 0.3) is 0 Å². The highest BCUT2D eigenvalue weighted by Crippen LogP contribution is 2.17. The van der Waals surface area contributed by atoms with Gasteiger partial charge in [0.2, 0.25) is 0 Å². The van der Waals surface area contributed by atoms with Gasteiger partial charge in [-0.25, -0.2) is 5.32 Å². The molecule has 0 spiro atoms. The highest BCUT2D eigenvalue weighted by Gasteiger charge is 2.17. The number of hydrogen-bond acceptors (Lipinski definition) is 1. The van der Waals surface area contributed by atoms with E-state index in [1.165, 1.54) is 0 Å². The Kier molecular flexibility index (Phi) is 2.76. The fourth-order valence-electron chi connectivity index (χ4n) is 0.524. The number of halogens is 2. The molecule has 2 atom stereocenters. The number of alkyl halides is 2. The third-order valence-electron chi connectivity index (χ3n) is 0.834. The van der Waals surface area contributed by atoms with Crippen molar-refractivity contribution in [3.8, 4) is 0 Å². The standard InChI is InChI=1S/C4H6Cl2NS/c5-3-1-8-2-4(6)7-3/h3-4H,1-2H2. The maximum absolute atomic E-state index is 5.64. The van der Waals surface area contributed by atoms with Gasteiger partial charge in [0.05, 0.1) is 0 Å². The van der Waals surface area contributed by atoms with Gasteiger partial charge in [-0.3, -0.25) is 0 Å². The van der Waals surface area contributed by atoms with Crippen molar-refractivity contribution >= 4 is 35.0 Å². The summed E-state index contributed by atoms with van der Waals surface area (Å²) in [6, 6.07) is 0. The fourth-order valence-corrected chi connectivity index (χ4v) is 2.09. The molecule has 1 aliphatic rings. The largest absolute Gasteiger partial charge is 0.201 e. The quantitative estimate of drug-likeness (QED) is 0.397. The number of rotatable bonds is 0. The minimum Gasteiger partial charge on any atom is -0.201 e. The molecule has 1 saturated heterocycles. The molecular formula is C4H6Cl2NS. The van der Waals surface area contributed by atoms with Crippen molar-refractivity contribution in [2.24, 2.45) is 0 Å². The zero-order valence-corrected chi connectivity index (χ0v) is 6.51. The SMILES string of the molecule is ClC1CSCC(Cl)[N]1. The summed E-state index contributed by atoms with van der Waals surface area (Å²) in [5, 5.41) is 3.99. The van der Waals surface area contributed by atoms with E-state index in [0.717, 1.165) is 11.5 Å². The second-order valence-corrected chi connectivity index (χ2v) is 3.64. The molecule has 0 N–H and O–H groups in total. The lowest BCUT2D eigenvalue weighted by molar-refractivity contribution is 0.647. The molecule has 1 nitrogen and oxygen atoms in total. The average molecular weight is 171 g/mol. The molecule has 0 amide bonds. The van der Waals surface area contributed by atoms with E-state index >= 15 is 0 Å². The first-order chi connectivity index (χ1) is 3.79. The third-order valence-corrected chi connectivity index (χ3v) is 2.84. The molecule has 47 valence electrons. The van der Waals surface area contributed by atoms with Gasteiger partial charge in [0.25, 0.3) is 0 Å². The molecule has 1 fully saturated rings. The van der Waals surface area contributed by atoms with Gasteiger partial charge in [-0.15, -0.1) is 23.2 Å². The monoisotopic (exact) mass is 170 g/mol. The van der Waals surface area contributed by atoms with Crippen molar-refractivity contribution in [1.29, 1.82) is 0 Å². The predicted molar refractivity (Wildman–Crippen MR) is 38.7 cm³/mol. The molecule has 8 heavy (non-hydrogen) atoms. The number of nitrogens with zero attached hydrogens (tertiary/aromatic N) is 1. The molecular weight excluding hydrogens is 165 g/mol. The van der Waals surface area contributed by atoms with Crippen LogP contribution in [0, 0.1) is 0 Å². The zero-order valence-electron chi connectivity index (χ0n) is 4.18. The van der Waals surface area contributed by atoms with Gasteiger partial charge < -0.3 is 0 Å². The van der Waals surface area contributed by atoms with Crippen LogP contribution in [0.4, 0.5) is 0 Å². The van der Waals surface area contributed by atoms with Crippen molar-refractivity contribution in [3.05, 3.63) is 0 Å². The fraction of sp³-hybridized carbons (Fsp3) is 1.00. The van der Waals surface area contributed by atoms with Gasteiger partial charge in [0.15, 0.2) is 0 Å². The van der Waals surface area contributed by atoms with Crippen molar-refractivity contribution in [2.75, 3.05) is 11.5 Å². The van der Waals surface area contributed by atoms with E-state index in [2.05, 4.69) is 5.32 Å². The molecule has 0 aromatic carbocycles. The van der Waals surface area contributed by atoms with Gasteiger partial charge in [-0.2, -0.15) is 11.8 Å². The van der Waals surface area contributed by atoms with E-state index in [4.69, 9.17) is 23.2 Å². The van der Waals surface area contributed by atoms with Gasteiger partial charge in [-0.1, -0.05) is 0 Å². The number of hydrogen-bond donors (Lipinski definition) is 0. The first-order valence-corrected chi connectivity index (χ1v) is 4.37. The molecule has 0 aromatic heterocycles. The number of thioether (sulfide) groups is 1. The van der Waals surface area contributed by atoms with Gasteiger partial charge >= 0.3 is 0 Å². The Morgan fingerprint density at radius 1 is 1.25 bits per heavy atom. The van der Waals surface area contributed by atoms with Crippen LogP contribution < -0.4 is 5.32 Å². The minimum absolute atomic E-state index is 0.0590. The Morgan fingerprint density at radius 3 is 2.00 bits per heavy atom. The first-order valence-electron chi connectivity index (χ1n) is 2.35. The second kappa shape index (κ2) is 3.16. The molecule has 1 heterocycles. The van der Waals surface area contributed by atoms with Crippen LogP contribution in [0.2, 0.25) is 0 Å². The summed E-state index contributed by atoms with van der Waals surface area (Å²) in [7, 11) is 0. The van der Waals surface area contributed by atoms with Crippen LogP contribution in [-0.2, 0) is 0 Å². The molecule has 0 bridgehead atoms. The molecule has 1 radical (unpaired) electrons. The topological polar surface area (TPSA) is 14.1 Å². The Hall–Kier alpha value is 0.890. The lowest BCUT2D eigenvalue weighted by Gasteiger charge is -2.19. The molecule has 0 saturated carbocycles. The summed E-state index contributed by atoms with van der Waals surface area (Å²) in [4.78, 5) is 0. The van der Waals surface area contributed by atoms with E-state index < -0.39 is 0 Å². The molecule has 0 aliphatic carbocycles. The van der Waals surface area contributed by atoms with Crippen molar-refractivity contribution in [3.63, 3.8) is 0 Å². The second-order valence-electron chi connectivity index (χ2n) is 1.56. The van der Waals surface area contributed by atoms with E-state index in [0.29, 0.717) is 0 Å². The molecule has 1 rings (SSSR count). The average Bonchev–Trinajstić information content (AvgIpc) is 1.64. The van der Waals surface area contributed by atoms with Crippen LogP contribution in [0.1, 0.15) is 0 Å². The molecule has 0 aromatic rings. The Balaban J connectivity index is 2.23. The summed E-state index contributed by atoms with van der Waals surface area (Å²) in [6.07, 6.45) is 0. The van der Waals surface area contributed by atoms with Gasteiger partial charge in [0.1, 0.15) is 11.0 Å². The van der Waals surface area contributed by atoms with Crippen molar-refractivity contribution in [2.45, 2.75) is 11.0 Å². The Morgan fingerprint density at radius 2 is 1.75 bits per heavy atom. The maximum atomic E-state index is 5.64. The Labute approximate surface area is 63.1 Å². The Bertz CT molecular complexity index is 72.4. The molecule has 2 unspecified atom stereocenters. The maximum Gasteiger partial charge on any atom is 0.109 e. The highest BCUT2D eigenvalue weighted by molar-refractivity contribution is 7.99. The summed E-state index contributed by atoms with van der Waals surface area (Å²) >= 11 is 13.0. The van der Waals surface area contributed by atoms with Crippen LogP contribution in [0.15, 0.2) is 0 Å². The predicted octanol–water partition coefficient (Wildman–Crippen LogP) is 1.47. The van der Waals surface area contributed by atoms with Gasteiger partial charge in [-0.05, 0) is 0 Å². The first kappa shape index (κ1) is 7.00. The third kappa shape index (κ3) is 2.02. The highest BCUT2D eigenvalue weighted by atomic mass is 35.5. The van der Waals surface area contributed by atoms with E-state index in [1.807, 2.05) is 0 Å². The smallest absolute Gasteiger partial charge is 0.109 e. The van der Waals surface area contributed by atoms with Crippen LogP contribution in [-0.4, -0.2) is 22.5 Å². The minimum atomic E-state index is -0.0590. The van der Waals surface area contributed by atoms with Crippen molar-refractivity contribution < 1.29 is 0 Å². The van der Waals surface area contributed by atoms with Gasteiger partial charge in [0, 0.05) is 11.5 Å². The summed E-state index contributed by atoms with van der Waals surface area (Å²) in [5.41, 5.74) is -0.118.